The van der Waals surface area contributed by atoms with Gasteiger partial charge in [-0.15, -0.1) is 0 Å². The predicted octanol–water partition coefficient (Wildman–Crippen LogP) is 9.92. The van der Waals surface area contributed by atoms with Crippen molar-refractivity contribution in [1.29, 1.82) is 0 Å². The van der Waals surface area contributed by atoms with E-state index in [2.05, 4.69) is 39.5 Å². The van der Waals surface area contributed by atoms with Gasteiger partial charge in [-0.25, -0.2) is 0 Å². The van der Waals surface area contributed by atoms with Gasteiger partial charge < -0.3 is 24.4 Å². The number of carbonyl (C=O) groups excluding carboxylic acids is 4. The number of carbonyl (C=O) groups is 5. The van der Waals surface area contributed by atoms with Crippen LogP contribution in [0.2, 0.25) is 0 Å². The van der Waals surface area contributed by atoms with E-state index in [4.69, 9.17) is 9.47 Å². The van der Waals surface area contributed by atoms with Gasteiger partial charge >= 0.3 is 5.97 Å². The number of rotatable bonds is 34. The van der Waals surface area contributed by atoms with Gasteiger partial charge in [-0.2, -0.15) is 0 Å². The molecule has 11 heteroatoms. The number of Topliss-reactive ketones (excluding diaryl/α,β-unsaturated/α-hetero) is 2. The van der Waals surface area contributed by atoms with Crippen molar-refractivity contribution in [2.24, 2.45) is 35.5 Å². The minimum Gasteiger partial charge on any atom is -0.481 e. The number of carboxylic acids is 1. The standard InChI is InChI=1S/C53H91N3O8/c1-13-15-16-17-18-19-20-21-22-26-31-54(9)49(38(5)6)46(58)35-43(37(3)4)52(60)55(10)50(39(7)14-2)47(63-11)36-48(59)56-32-27-30-44(56)51(64-12)40(8)45(57)34-42(53(61)62)33-41-28-24-23-25-29-41/h23-25,28-29,37-40,42-44,47,49-51H,13-22,26-27,30-36H2,1-12H3,(H,61,62)/t39-,40-,42+,43-,44-,47+,49-,50-,51+/m0/s1. The molecule has 0 aromatic heterocycles. The van der Waals surface area contributed by atoms with Gasteiger partial charge in [0.1, 0.15) is 5.78 Å². The molecule has 1 heterocycles. The Balaban J connectivity index is 2.16. The molecule has 1 fully saturated rings. The molecular weight excluding hydrogens is 807 g/mol. The normalized spacial score (nSPS) is 18.1. The van der Waals surface area contributed by atoms with E-state index < -0.39 is 42.0 Å². The summed E-state index contributed by atoms with van der Waals surface area (Å²) in [6.45, 7) is 17.7. The van der Waals surface area contributed by atoms with Crippen molar-refractivity contribution in [3.05, 3.63) is 35.9 Å². The van der Waals surface area contributed by atoms with Crippen LogP contribution in [0.15, 0.2) is 30.3 Å². The molecule has 1 aromatic rings. The van der Waals surface area contributed by atoms with Crippen molar-refractivity contribution in [3.8, 4) is 0 Å². The minimum absolute atomic E-state index is 0.0115. The van der Waals surface area contributed by atoms with Crippen molar-refractivity contribution in [3.63, 3.8) is 0 Å². The van der Waals surface area contributed by atoms with E-state index in [9.17, 15) is 29.1 Å². The van der Waals surface area contributed by atoms with Crippen LogP contribution < -0.4 is 0 Å². The van der Waals surface area contributed by atoms with Crippen LogP contribution in [-0.4, -0.2) is 121 Å². The monoisotopic (exact) mass is 898 g/mol. The Labute approximate surface area is 389 Å². The molecule has 11 nitrogen and oxygen atoms in total. The molecule has 2 amide bonds. The number of ketones is 2. The van der Waals surface area contributed by atoms with Gasteiger partial charge in [-0.05, 0) is 62.6 Å². The van der Waals surface area contributed by atoms with Crippen molar-refractivity contribution in [1.82, 2.24) is 14.7 Å². The molecule has 366 valence electrons. The molecule has 0 saturated carbocycles. The summed E-state index contributed by atoms with van der Waals surface area (Å²) >= 11 is 0. The number of benzene rings is 1. The molecule has 0 unspecified atom stereocenters. The average Bonchev–Trinajstić information content (AvgIpc) is 3.75. The van der Waals surface area contributed by atoms with Gasteiger partial charge in [0.05, 0.1) is 42.7 Å². The number of methoxy groups -OCH3 is 2. The highest BCUT2D eigenvalue weighted by Gasteiger charge is 2.43. The first-order valence-electron chi connectivity index (χ1n) is 25.1. The van der Waals surface area contributed by atoms with E-state index >= 15 is 0 Å². The maximum Gasteiger partial charge on any atom is 0.307 e. The Hall–Kier alpha value is -3.15. The van der Waals surface area contributed by atoms with Crippen LogP contribution in [0.4, 0.5) is 0 Å². The molecule has 64 heavy (non-hydrogen) atoms. The third-order valence-corrected chi connectivity index (χ3v) is 14.3. The van der Waals surface area contributed by atoms with Gasteiger partial charge in [-0.1, -0.05) is 150 Å². The lowest BCUT2D eigenvalue weighted by Crippen LogP contribution is -2.54. The fourth-order valence-corrected chi connectivity index (χ4v) is 10.2. The summed E-state index contributed by atoms with van der Waals surface area (Å²) in [5, 5.41) is 10.0. The van der Waals surface area contributed by atoms with Gasteiger partial charge in [0.2, 0.25) is 11.8 Å². The largest absolute Gasteiger partial charge is 0.481 e. The highest BCUT2D eigenvalue weighted by atomic mass is 16.5. The maximum absolute atomic E-state index is 14.6. The number of unbranched alkanes of at least 4 members (excludes halogenated alkanes) is 9. The van der Waals surface area contributed by atoms with Crippen LogP contribution in [0.5, 0.6) is 0 Å². The summed E-state index contributed by atoms with van der Waals surface area (Å²) in [5.41, 5.74) is 0.854. The lowest BCUT2D eigenvalue weighted by molar-refractivity contribution is -0.149. The fraction of sp³-hybridized carbons (Fsp3) is 0.792. The number of nitrogens with zero attached hydrogens (tertiary/aromatic N) is 3. The van der Waals surface area contributed by atoms with Crippen molar-refractivity contribution >= 4 is 29.4 Å². The predicted molar refractivity (Wildman–Crippen MR) is 258 cm³/mol. The minimum atomic E-state index is -1.02. The van der Waals surface area contributed by atoms with Crippen LogP contribution in [-0.2, 0) is 39.9 Å². The van der Waals surface area contributed by atoms with E-state index in [1.807, 2.05) is 51.2 Å². The zero-order chi connectivity index (χ0) is 47.9. The summed E-state index contributed by atoms with van der Waals surface area (Å²) < 4.78 is 12.1. The molecule has 2 rings (SSSR count). The SMILES string of the molecule is CCCCCCCCCCCCN(C)[C@H](C(=O)C[C@H](C(=O)N(C)[C@@H]([C@@H](C)CC)[C@@H](CC(=O)N1CCC[C@H]1[C@H](OC)[C@@H](C)C(=O)C[C@@H](Cc1ccccc1)C(=O)O)OC)C(C)C)C(C)C. The number of carboxylic acid groups (broad SMARTS) is 1. The van der Waals surface area contributed by atoms with Crippen LogP contribution in [0.25, 0.3) is 0 Å². The lowest BCUT2D eigenvalue weighted by Gasteiger charge is -2.41. The Kier molecular flexibility index (Phi) is 26.9. The third kappa shape index (κ3) is 17.9. The molecule has 9 atom stereocenters. The Bertz CT molecular complexity index is 1520. The molecule has 1 aromatic carbocycles. The van der Waals surface area contributed by atoms with Crippen molar-refractivity contribution in [2.75, 3.05) is 41.4 Å². The highest BCUT2D eigenvalue weighted by molar-refractivity contribution is 5.90. The zero-order valence-electron chi connectivity index (χ0n) is 42.3. The average molecular weight is 898 g/mol. The first-order chi connectivity index (χ1) is 30.4. The van der Waals surface area contributed by atoms with Crippen molar-refractivity contribution in [2.45, 2.75) is 195 Å². The van der Waals surface area contributed by atoms with E-state index in [1.165, 1.54) is 51.4 Å². The van der Waals surface area contributed by atoms with Crippen LogP contribution in [0.1, 0.15) is 164 Å². The molecule has 1 N–H and O–H groups in total. The van der Waals surface area contributed by atoms with E-state index in [0.29, 0.717) is 13.0 Å². The number of likely N-dealkylation sites (N-methyl/N-ethyl adjacent to an activating group) is 2. The molecule has 0 spiro atoms. The summed E-state index contributed by atoms with van der Waals surface area (Å²) in [4.78, 5) is 74.9. The van der Waals surface area contributed by atoms with E-state index in [-0.39, 0.29) is 78.9 Å². The first-order valence-corrected chi connectivity index (χ1v) is 25.1. The lowest BCUT2D eigenvalue weighted by atomic mass is 9.83. The molecule has 0 aliphatic carbocycles. The Morgan fingerprint density at radius 3 is 1.88 bits per heavy atom. The van der Waals surface area contributed by atoms with Crippen molar-refractivity contribution < 1.29 is 38.6 Å². The summed E-state index contributed by atoms with van der Waals surface area (Å²) in [6.07, 6.45) is 13.8. The zero-order valence-corrected chi connectivity index (χ0v) is 42.3. The second-order valence-electron chi connectivity index (χ2n) is 19.9. The first kappa shape index (κ1) is 57.0. The van der Waals surface area contributed by atoms with Gasteiger partial charge in [0, 0.05) is 52.5 Å². The molecule has 1 saturated heterocycles. The molecule has 0 bridgehead atoms. The van der Waals surface area contributed by atoms with E-state index in [0.717, 1.165) is 37.8 Å². The van der Waals surface area contributed by atoms with Crippen LogP contribution >= 0.6 is 0 Å². The van der Waals surface area contributed by atoms with Crippen LogP contribution in [0.3, 0.4) is 0 Å². The highest BCUT2D eigenvalue weighted by Crippen LogP contribution is 2.32. The van der Waals surface area contributed by atoms with Gasteiger partial charge in [-0.3, -0.25) is 28.9 Å². The maximum atomic E-state index is 14.6. The number of hydrogen-bond donors (Lipinski definition) is 1. The molecular formula is C53H91N3O8. The number of likely N-dealkylation sites (tertiary alicyclic amines) is 1. The Morgan fingerprint density at radius 1 is 0.766 bits per heavy atom. The quantitative estimate of drug-likeness (QED) is 0.0672. The second-order valence-corrected chi connectivity index (χ2v) is 19.9. The number of amides is 2. The van der Waals surface area contributed by atoms with E-state index in [1.54, 1.807) is 38.0 Å². The van der Waals surface area contributed by atoms with Gasteiger partial charge in [0.25, 0.3) is 0 Å². The summed E-state index contributed by atoms with van der Waals surface area (Å²) in [6, 6.07) is 8.23. The molecule has 0 radical (unpaired) electrons. The fourth-order valence-electron chi connectivity index (χ4n) is 10.2. The van der Waals surface area contributed by atoms with Gasteiger partial charge in [0.15, 0.2) is 5.78 Å². The smallest absolute Gasteiger partial charge is 0.307 e. The molecule has 1 aliphatic heterocycles. The summed E-state index contributed by atoms with van der Waals surface area (Å²) in [7, 11) is 6.97. The second kappa shape index (κ2) is 30.2. The molecule has 1 aliphatic rings. The van der Waals surface area contributed by atoms with Crippen LogP contribution in [0, 0.1) is 35.5 Å². The number of aliphatic carboxylic acids is 1. The Morgan fingerprint density at radius 2 is 1.36 bits per heavy atom. The topological polar surface area (TPSA) is 134 Å². The number of ether oxygens (including phenoxy) is 2. The third-order valence-electron chi connectivity index (χ3n) is 14.3. The number of hydrogen-bond acceptors (Lipinski definition) is 8. The summed E-state index contributed by atoms with van der Waals surface area (Å²) in [5.74, 6) is -3.41.